The van der Waals surface area contributed by atoms with Crippen molar-refractivity contribution in [1.29, 1.82) is 0 Å². The lowest BCUT2D eigenvalue weighted by Crippen LogP contribution is -2.14. The minimum atomic E-state index is 0.112. The molecule has 1 saturated carbocycles. The van der Waals surface area contributed by atoms with Gasteiger partial charge in [0, 0.05) is 11.8 Å². The Hall–Kier alpha value is -1.37. The van der Waals surface area contributed by atoms with Gasteiger partial charge in [-0.1, -0.05) is 48.6 Å². The maximum absolute atomic E-state index is 12.0. The Balaban J connectivity index is 2.09. The Morgan fingerprint density at radius 1 is 0.714 bits per heavy atom. The first-order chi connectivity index (χ1) is 6.88. The zero-order valence-corrected chi connectivity index (χ0v) is 7.84. The second-order valence-corrected chi connectivity index (χ2v) is 4.15. The average molecular weight is 184 g/mol. The van der Waals surface area contributed by atoms with Crippen LogP contribution in [0.5, 0.6) is 0 Å². The topological polar surface area (TPSA) is 17.1 Å². The summed E-state index contributed by atoms with van der Waals surface area (Å²) in [6.45, 7) is 0. The van der Waals surface area contributed by atoms with Crippen molar-refractivity contribution in [2.45, 2.75) is 0 Å². The van der Waals surface area contributed by atoms with Gasteiger partial charge in [-0.25, -0.2) is 0 Å². The first kappa shape index (κ1) is 7.98. The van der Waals surface area contributed by atoms with Crippen LogP contribution in [0, 0.1) is 23.7 Å². The molecule has 3 rings (SSSR count). The largest absolute Gasteiger partial charge is 0.298 e. The minimum absolute atomic E-state index is 0.112. The Morgan fingerprint density at radius 2 is 1.14 bits per heavy atom. The lowest BCUT2D eigenvalue weighted by molar-refractivity contribution is -0.121. The van der Waals surface area contributed by atoms with E-state index in [0.717, 1.165) is 0 Å². The molecule has 3 aliphatic carbocycles. The summed E-state index contributed by atoms with van der Waals surface area (Å²) >= 11 is 0. The smallest absolute Gasteiger partial charge is 0.147 e. The molecule has 2 bridgehead atoms. The highest BCUT2D eigenvalue weighted by Gasteiger charge is 2.46. The van der Waals surface area contributed by atoms with Crippen LogP contribution in [0.1, 0.15) is 0 Å². The van der Waals surface area contributed by atoms with Crippen LogP contribution in [-0.2, 0) is 4.79 Å². The van der Waals surface area contributed by atoms with Crippen LogP contribution < -0.4 is 0 Å². The summed E-state index contributed by atoms with van der Waals surface area (Å²) in [6.07, 6.45) is 16.6. The molecule has 0 N–H and O–H groups in total. The fourth-order valence-corrected chi connectivity index (χ4v) is 2.78. The fourth-order valence-electron chi connectivity index (χ4n) is 2.78. The molecule has 0 spiro atoms. The number of rotatable bonds is 0. The lowest BCUT2D eigenvalue weighted by atomic mass is 9.83. The Bertz CT molecular complexity index is 348. The quantitative estimate of drug-likeness (QED) is 0.564. The van der Waals surface area contributed by atoms with Crippen molar-refractivity contribution in [2.24, 2.45) is 23.7 Å². The van der Waals surface area contributed by atoms with E-state index in [1.165, 1.54) is 0 Å². The van der Waals surface area contributed by atoms with Gasteiger partial charge in [0.25, 0.3) is 0 Å². The monoisotopic (exact) mass is 184 g/mol. The molecule has 0 radical (unpaired) electrons. The molecule has 70 valence electrons. The number of ketones is 1. The van der Waals surface area contributed by atoms with E-state index in [-0.39, 0.29) is 11.8 Å². The third kappa shape index (κ3) is 0.926. The molecule has 1 nitrogen and oxygen atoms in total. The molecule has 0 saturated heterocycles. The van der Waals surface area contributed by atoms with Crippen LogP contribution in [0.2, 0.25) is 0 Å². The average Bonchev–Trinajstić information content (AvgIpc) is 2.33. The van der Waals surface area contributed by atoms with Crippen molar-refractivity contribution >= 4 is 5.78 Å². The number of allylic oxidation sites excluding steroid dienone is 8. The number of Topliss-reactive ketones (excluding diaryl/α,β-unsaturated/α-hetero) is 1. The molecule has 1 heteroatoms. The van der Waals surface area contributed by atoms with E-state index in [9.17, 15) is 4.79 Å². The standard InChI is InChI=1S/C13H12O/c14-13-11-7-3-4-8-12(13)10-6-2-1-5-9(10)11/h1-12H/t9-,10+,11-,12-/m0/s1. The van der Waals surface area contributed by atoms with Crippen molar-refractivity contribution < 1.29 is 4.79 Å². The van der Waals surface area contributed by atoms with Crippen LogP contribution in [0.15, 0.2) is 48.6 Å². The number of hydrogen-bond acceptors (Lipinski definition) is 1. The zero-order valence-electron chi connectivity index (χ0n) is 7.84. The van der Waals surface area contributed by atoms with E-state index < -0.39 is 0 Å². The highest BCUT2D eigenvalue weighted by atomic mass is 16.1. The molecule has 0 heterocycles. The highest BCUT2D eigenvalue weighted by Crippen LogP contribution is 2.44. The van der Waals surface area contributed by atoms with Crippen molar-refractivity contribution in [1.82, 2.24) is 0 Å². The SMILES string of the molecule is O=C1[C@H]2C=CC=C[C@H]1[C@H]1C=CC=C[C@H]12. The van der Waals surface area contributed by atoms with Gasteiger partial charge in [-0.2, -0.15) is 0 Å². The van der Waals surface area contributed by atoms with Gasteiger partial charge in [-0.15, -0.1) is 0 Å². The van der Waals surface area contributed by atoms with Gasteiger partial charge in [-0.3, -0.25) is 4.79 Å². The third-order valence-electron chi connectivity index (χ3n) is 3.46. The van der Waals surface area contributed by atoms with Crippen LogP contribution in [0.25, 0.3) is 0 Å². The molecule has 0 aromatic carbocycles. The van der Waals surface area contributed by atoms with Gasteiger partial charge >= 0.3 is 0 Å². The first-order valence-corrected chi connectivity index (χ1v) is 5.11. The predicted octanol–water partition coefficient (Wildman–Crippen LogP) is 2.29. The summed E-state index contributed by atoms with van der Waals surface area (Å²) in [5, 5.41) is 0. The molecular weight excluding hydrogens is 172 g/mol. The van der Waals surface area contributed by atoms with E-state index in [1.807, 2.05) is 24.3 Å². The van der Waals surface area contributed by atoms with Crippen molar-refractivity contribution in [3.63, 3.8) is 0 Å². The van der Waals surface area contributed by atoms with Crippen molar-refractivity contribution in [3.8, 4) is 0 Å². The maximum Gasteiger partial charge on any atom is 0.147 e. The summed E-state index contributed by atoms with van der Waals surface area (Å²) in [6, 6.07) is 0. The normalized spacial score (nSPS) is 42.7. The Kier molecular flexibility index (Phi) is 1.60. The Morgan fingerprint density at radius 3 is 1.64 bits per heavy atom. The summed E-state index contributed by atoms with van der Waals surface area (Å²) < 4.78 is 0. The molecule has 0 aromatic heterocycles. The van der Waals surface area contributed by atoms with E-state index >= 15 is 0 Å². The second-order valence-electron chi connectivity index (χ2n) is 4.15. The number of hydrogen-bond donors (Lipinski definition) is 0. The van der Waals surface area contributed by atoms with Crippen LogP contribution in [0.3, 0.4) is 0 Å². The van der Waals surface area contributed by atoms with E-state index in [4.69, 9.17) is 0 Å². The number of carbonyl (C=O) groups is 1. The summed E-state index contributed by atoms with van der Waals surface area (Å²) in [4.78, 5) is 12.0. The summed E-state index contributed by atoms with van der Waals surface area (Å²) in [7, 11) is 0. The molecule has 0 aliphatic heterocycles. The minimum Gasteiger partial charge on any atom is -0.298 e. The number of fused-ring (bicyclic) bond motifs is 5. The molecular formula is C13H12O. The summed E-state index contributed by atoms with van der Waals surface area (Å²) in [5.74, 6) is 1.42. The molecule has 1 fully saturated rings. The second kappa shape index (κ2) is 2.81. The molecule has 4 atom stereocenters. The Labute approximate surface area is 83.5 Å². The van der Waals surface area contributed by atoms with Gasteiger partial charge in [0.1, 0.15) is 5.78 Å². The molecule has 0 unspecified atom stereocenters. The van der Waals surface area contributed by atoms with E-state index in [0.29, 0.717) is 17.6 Å². The van der Waals surface area contributed by atoms with Gasteiger partial charge < -0.3 is 0 Å². The van der Waals surface area contributed by atoms with Crippen molar-refractivity contribution in [2.75, 3.05) is 0 Å². The van der Waals surface area contributed by atoms with E-state index in [2.05, 4.69) is 24.3 Å². The van der Waals surface area contributed by atoms with Gasteiger partial charge in [0.2, 0.25) is 0 Å². The lowest BCUT2D eigenvalue weighted by Gasteiger charge is -2.20. The van der Waals surface area contributed by atoms with Gasteiger partial charge in [0.15, 0.2) is 0 Å². The van der Waals surface area contributed by atoms with E-state index in [1.54, 1.807) is 0 Å². The first-order valence-electron chi connectivity index (χ1n) is 5.11. The molecule has 14 heavy (non-hydrogen) atoms. The molecule has 0 aromatic rings. The van der Waals surface area contributed by atoms with Gasteiger partial charge in [0.05, 0.1) is 0 Å². The molecule has 0 amide bonds. The van der Waals surface area contributed by atoms with Crippen LogP contribution in [-0.4, -0.2) is 5.78 Å². The van der Waals surface area contributed by atoms with Crippen LogP contribution in [0.4, 0.5) is 0 Å². The maximum atomic E-state index is 12.0. The highest BCUT2D eigenvalue weighted by molar-refractivity contribution is 5.91. The summed E-state index contributed by atoms with van der Waals surface area (Å²) in [5.41, 5.74) is 0. The third-order valence-corrected chi connectivity index (χ3v) is 3.46. The fraction of sp³-hybridized carbons (Fsp3) is 0.308. The number of carbonyl (C=O) groups excluding carboxylic acids is 1. The van der Waals surface area contributed by atoms with Crippen molar-refractivity contribution in [3.05, 3.63) is 48.6 Å². The molecule has 3 aliphatic rings. The van der Waals surface area contributed by atoms with Gasteiger partial charge in [-0.05, 0) is 11.8 Å². The predicted molar refractivity (Wildman–Crippen MR) is 55.5 cm³/mol. The zero-order chi connectivity index (χ0) is 9.54. The van der Waals surface area contributed by atoms with Crippen LogP contribution >= 0.6 is 0 Å².